The van der Waals surface area contributed by atoms with Crippen molar-refractivity contribution in [3.8, 4) is 0 Å². The van der Waals surface area contributed by atoms with Crippen LogP contribution in [0.25, 0.3) is 0 Å². The molecule has 6 radical (unpaired) electrons. The van der Waals surface area contributed by atoms with Gasteiger partial charge in [-0.15, -0.1) is 0 Å². The average molecular weight is 276 g/mol. The Hall–Kier alpha value is 0.177. The first-order valence-electron chi connectivity index (χ1n) is 7.61. The van der Waals surface area contributed by atoms with Crippen molar-refractivity contribution in [2.24, 2.45) is 0 Å². The molecular weight excluding hydrogens is 246 g/mol. The van der Waals surface area contributed by atoms with Crippen molar-refractivity contribution in [3.05, 3.63) is 29.2 Å². The van der Waals surface area contributed by atoms with Crippen molar-refractivity contribution in [1.82, 2.24) is 4.98 Å². The van der Waals surface area contributed by atoms with E-state index < -0.39 is 8.96 Å². The fourth-order valence-electron chi connectivity index (χ4n) is 3.09. The number of nitrogens with one attached hydrogen (secondary N) is 1. The molecule has 0 spiro atoms. The summed E-state index contributed by atoms with van der Waals surface area (Å²) in [5, 5.41) is 0. The van der Waals surface area contributed by atoms with Gasteiger partial charge in [0.05, 0.1) is 0 Å². The van der Waals surface area contributed by atoms with E-state index >= 15 is 0 Å². The molecule has 0 aromatic rings. The Kier molecular flexibility index (Phi) is 4.52. The Morgan fingerprint density at radius 1 is 0.895 bits per heavy atom. The van der Waals surface area contributed by atoms with Crippen molar-refractivity contribution in [1.29, 1.82) is 0 Å². The lowest BCUT2D eigenvalue weighted by Crippen LogP contribution is -2.55. The summed E-state index contributed by atoms with van der Waals surface area (Å²) in [6.45, 7) is 16.2. The van der Waals surface area contributed by atoms with E-state index in [1.165, 1.54) is 31.1 Å². The van der Waals surface area contributed by atoms with Crippen molar-refractivity contribution < 1.29 is 0 Å². The van der Waals surface area contributed by atoms with Crippen LogP contribution in [0.3, 0.4) is 0 Å². The van der Waals surface area contributed by atoms with Crippen LogP contribution in [-0.2, 0) is 0 Å². The fraction of sp³-hybridized carbons (Fsp3) is 0.706. The zero-order valence-electron chi connectivity index (χ0n) is 13.7. The Balaban J connectivity index is 2.17. The molecule has 2 fully saturated rings. The van der Waals surface area contributed by atoms with Crippen molar-refractivity contribution in [2.45, 2.75) is 78.8 Å². The van der Waals surface area contributed by atoms with Gasteiger partial charge in [0.25, 0.3) is 0 Å². The third-order valence-electron chi connectivity index (χ3n) is 4.73. The van der Waals surface area contributed by atoms with Gasteiger partial charge in [-0.05, 0) is 55.5 Å². The molecule has 0 amide bonds. The molecule has 0 heterocycles. The lowest BCUT2D eigenvalue weighted by atomic mass is 9.92. The van der Waals surface area contributed by atoms with E-state index in [9.17, 15) is 0 Å². The average Bonchev–Trinajstić information content (AvgIpc) is 2.38. The molecule has 2 rings (SSSR count). The first kappa shape index (κ1) is 15.6. The van der Waals surface area contributed by atoms with E-state index in [4.69, 9.17) is 0 Å². The van der Waals surface area contributed by atoms with E-state index in [2.05, 4.69) is 53.4 Å². The van der Waals surface area contributed by atoms with Gasteiger partial charge in [0.2, 0.25) is 0 Å². The van der Waals surface area contributed by atoms with Crippen LogP contribution in [0.4, 0.5) is 0 Å². The predicted octanol–water partition coefficient (Wildman–Crippen LogP) is 4.42. The summed E-state index contributed by atoms with van der Waals surface area (Å²) in [5.74, 6) is 6.16. The Bertz CT molecular complexity index is 291. The van der Waals surface area contributed by atoms with Crippen LogP contribution >= 0.6 is 0 Å². The molecule has 1 N–H and O–H groups in total. The molecule has 0 unspecified atom stereocenters. The Morgan fingerprint density at radius 3 is 1.68 bits per heavy atom. The van der Waals surface area contributed by atoms with Crippen LogP contribution in [0.15, 0.2) is 0 Å². The third-order valence-corrected chi connectivity index (χ3v) is 8.43. The van der Waals surface area contributed by atoms with Crippen LogP contribution in [0.1, 0.15) is 67.7 Å². The zero-order valence-corrected chi connectivity index (χ0v) is 14.7. The smallest absolute Gasteiger partial charge is 0.145 e. The molecular formula is C17H29NSi. The summed E-state index contributed by atoms with van der Waals surface area (Å²) in [7, 11) is -0.633. The van der Waals surface area contributed by atoms with Gasteiger partial charge in [-0.3, -0.25) is 0 Å². The van der Waals surface area contributed by atoms with Gasteiger partial charge < -0.3 is 4.98 Å². The van der Waals surface area contributed by atoms with Crippen molar-refractivity contribution in [3.63, 3.8) is 0 Å². The Morgan fingerprint density at radius 2 is 1.37 bits per heavy atom. The molecule has 1 nitrogen and oxygen atoms in total. The highest BCUT2D eigenvalue weighted by atomic mass is 28.3. The molecule has 2 aliphatic carbocycles. The topological polar surface area (TPSA) is 12.0 Å². The molecule has 2 saturated carbocycles. The zero-order chi connectivity index (χ0) is 14.4. The molecule has 0 aromatic carbocycles. The summed E-state index contributed by atoms with van der Waals surface area (Å²) in [4.78, 5) is 4.00. The highest BCUT2D eigenvalue weighted by Gasteiger charge is 2.51. The van der Waals surface area contributed by atoms with Gasteiger partial charge in [-0.25, -0.2) is 0 Å². The molecule has 0 bridgehead atoms. The maximum Gasteiger partial charge on any atom is 0.145 e. The normalized spacial score (nSPS) is 26.5. The summed E-state index contributed by atoms with van der Waals surface area (Å²) < 4.78 is 0. The molecule has 0 saturated heterocycles. The van der Waals surface area contributed by atoms with Crippen LogP contribution in [0.2, 0.25) is 5.54 Å². The highest BCUT2D eigenvalue weighted by Crippen LogP contribution is 2.55. The minimum Gasteiger partial charge on any atom is -0.333 e. The van der Waals surface area contributed by atoms with E-state index in [-0.39, 0.29) is 5.54 Å². The number of hydrogen-bond acceptors (Lipinski definition) is 1. The van der Waals surface area contributed by atoms with Gasteiger partial charge >= 0.3 is 0 Å². The molecule has 2 aliphatic rings. The van der Waals surface area contributed by atoms with Gasteiger partial charge in [-0.2, -0.15) is 0 Å². The minimum atomic E-state index is -0.633. The van der Waals surface area contributed by atoms with Crippen LogP contribution < -0.4 is 4.98 Å². The maximum atomic E-state index is 4.00. The van der Waals surface area contributed by atoms with E-state index in [1.54, 1.807) is 17.4 Å². The number of rotatable bonds is 3. The predicted molar refractivity (Wildman–Crippen MR) is 85.2 cm³/mol. The van der Waals surface area contributed by atoms with Crippen molar-refractivity contribution >= 4 is 8.96 Å². The Labute approximate surface area is 122 Å². The van der Waals surface area contributed by atoms with Gasteiger partial charge in [0.15, 0.2) is 0 Å². The van der Waals surface area contributed by atoms with Gasteiger partial charge in [0, 0.05) is 5.54 Å². The molecule has 106 valence electrons. The largest absolute Gasteiger partial charge is 0.333 e. The quantitative estimate of drug-likeness (QED) is 0.752. The van der Waals surface area contributed by atoms with Gasteiger partial charge in [-0.1, -0.05) is 47.0 Å². The molecule has 2 heteroatoms. The summed E-state index contributed by atoms with van der Waals surface area (Å²) in [6, 6.07) is 0. The lowest BCUT2D eigenvalue weighted by molar-refractivity contribution is 0.456. The van der Waals surface area contributed by atoms with Gasteiger partial charge in [0.1, 0.15) is 8.96 Å². The molecule has 0 atom stereocenters. The summed E-state index contributed by atoms with van der Waals surface area (Å²) in [6.07, 6.45) is 4.29. The minimum absolute atomic E-state index is 0.224. The van der Waals surface area contributed by atoms with Crippen LogP contribution in [-0.4, -0.2) is 14.5 Å². The van der Waals surface area contributed by atoms with E-state index in [0.29, 0.717) is 0 Å². The first-order valence-corrected chi connectivity index (χ1v) is 9.18. The molecule has 0 aromatic heterocycles. The second-order valence-corrected chi connectivity index (χ2v) is 9.69. The third kappa shape index (κ3) is 3.10. The lowest BCUT2D eigenvalue weighted by Gasteiger charge is -2.42. The standard InChI is InChI=1S/C17H29NSi/c1-11-12(2)14(4)16(13(11)3)19(15-9-8-10-15)18-17(5,6)7/h15,18H,8-10H2,1-7H3. The van der Waals surface area contributed by atoms with E-state index in [0.717, 1.165) is 5.54 Å². The first-order chi connectivity index (χ1) is 8.72. The SMILES string of the molecule is C[C]1[C](C)[C](C)[C]([Si](NC(C)(C)C)C2CCC2)[C]1C. The molecule has 19 heavy (non-hydrogen) atoms. The maximum absolute atomic E-state index is 4.00. The molecule has 0 aliphatic heterocycles. The van der Waals surface area contributed by atoms with Crippen LogP contribution in [0, 0.1) is 29.2 Å². The second kappa shape index (κ2) is 5.52. The fourth-order valence-corrected chi connectivity index (χ4v) is 6.81. The monoisotopic (exact) mass is 275 g/mol. The van der Waals surface area contributed by atoms with Crippen LogP contribution in [0.5, 0.6) is 0 Å². The number of hydrogen-bond donors (Lipinski definition) is 1. The highest BCUT2D eigenvalue weighted by molar-refractivity contribution is 6.66. The van der Waals surface area contributed by atoms with Crippen molar-refractivity contribution in [2.75, 3.05) is 0 Å². The second-order valence-electron chi connectivity index (χ2n) is 7.29. The summed E-state index contributed by atoms with van der Waals surface area (Å²) in [5.41, 5.74) is 2.85. The summed E-state index contributed by atoms with van der Waals surface area (Å²) >= 11 is 0. The van der Waals surface area contributed by atoms with E-state index in [1.807, 2.05) is 0 Å².